The first-order chi connectivity index (χ1) is 16.4. The number of sulfone groups is 1. The third-order valence-corrected chi connectivity index (χ3v) is 7.41. The number of amides is 1. The lowest BCUT2D eigenvalue weighted by atomic mass is 10.1. The number of benzene rings is 2. The van der Waals surface area contributed by atoms with Crippen LogP contribution in [0.3, 0.4) is 0 Å². The highest BCUT2D eigenvalue weighted by atomic mass is 32.2. The first-order valence-electron chi connectivity index (χ1n) is 10.9. The molecule has 4 aromatic rings. The second-order valence-electron chi connectivity index (χ2n) is 8.07. The molecular weight excluding hydrogens is 454 g/mol. The van der Waals surface area contributed by atoms with Crippen LogP contribution in [-0.2, 0) is 9.84 Å². The zero-order valence-electron chi connectivity index (χ0n) is 18.5. The molecule has 0 aliphatic carbocycles. The lowest BCUT2D eigenvalue weighted by Crippen LogP contribution is -2.49. The van der Waals surface area contributed by atoms with E-state index in [-0.39, 0.29) is 27.6 Å². The maximum absolute atomic E-state index is 13.4. The molecule has 9 heteroatoms. The van der Waals surface area contributed by atoms with Gasteiger partial charge in [0.2, 0.25) is 20.7 Å². The van der Waals surface area contributed by atoms with E-state index in [1.807, 2.05) is 30.0 Å². The predicted octanol–water partition coefficient (Wildman–Crippen LogP) is 4.04. The van der Waals surface area contributed by atoms with Crippen molar-refractivity contribution in [2.75, 3.05) is 31.1 Å². The number of rotatable bonds is 5. The number of nitrogens with zero attached hydrogens (tertiary/aromatic N) is 3. The Kier molecular flexibility index (Phi) is 5.70. The molecule has 34 heavy (non-hydrogen) atoms. The second kappa shape index (κ2) is 8.83. The van der Waals surface area contributed by atoms with Crippen LogP contribution in [0.2, 0.25) is 0 Å². The summed E-state index contributed by atoms with van der Waals surface area (Å²) in [6.45, 7) is 3.61. The number of hydrogen-bond acceptors (Lipinski definition) is 7. The molecule has 1 saturated heterocycles. The van der Waals surface area contributed by atoms with Crippen LogP contribution >= 0.6 is 0 Å². The Morgan fingerprint density at radius 3 is 2.38 bits per heavy atom. The van der Waals surface area contributed by atoms with E-state index in [9.17, 15) is 13.2 Å². The summed E-state index contributed by atoms with van der Waals surface area (Å²) in [5.41, 5.74) is 1.66. The number of aromatic nitrogens is 1. The van der Waals surface area contributed by atoms with Crippen LogP contribution in [0.15, 0.2) is 91.7 Å². The van der Waals surface area contributed by atoms with E-state index >= 15 is 0 Å². The van der Waals surface area contributed by atoms with Gasteiger partial charge in [0.25, 0.3) is 11.8 Å². The van der Waals surface area contributed by atoms with E-state index in [2.05, 4.69) is 4.98 Å². The van der Waals surface area contributed by atoms with Gasteiger partial charge in [-0.1, -0.05) is 35.9 Å². The van der Waals surface area contributed by atoms with Crippen LogP contribution < -0.4 is 4.90 Å². The number of anilines is 1. The van der Waals surface area contributed by atoms with Gasteiger partial charge in [0.1, 0.15) is 0 Å². The van der Waals surface area contributed by atoms with Crippen LogP contribution in [0, 0.1) is 6.92 Å². The molecule has 5 rings (SSSR count). The maximum atomic E-state index is 13.4. The summed E-state index contributed by atoms with van der Waals surface area (Å²) in [4.78, 5) is 21.0. The molecule has 174 valence electrons. The summed E-state index contributed by atoms with van der Waals surface area (Å²) in [5, 5.41) is -0.163. The molecule has 2 aromatic carbocycles. The van der Waals surface area contributed by atoms with Gasteiger partial charge in [0, 0.05) is 31.7 Å². The maximum Gasteiger partial charge on any atom is 0.266 e. The minimum atomic E-state index is -3.94. The van der Waals surface area contributed by atoms with Crippen LogP contribution in [0.1, 0.15) is 15.9 Å². The Morgan fingerprint density at radius 1 is 0.941 bits per heavy atom. The Hall–Kier alpha value is -3.85. The van der Waals surface area contributed by atoms with Crippen molar-refractivity contribution < 1.29 is 22.0 Å². The summed E-state index contributed by atoms with van der Waals surface area (Å²) in [6.07, 6.45) is 1.47. The van der Waals surface area contributed by atoms with Gasteiger partial charge in [0.15, 0.2) is 5.76 Å². The molecular formula is C25H23N3O5S. The number of piperazine rings is 1. The van der Waals surface area contributed by atoms with Crippen molar-refractivity contribution in [3.8, 4) is 11.7 Å². The van der Waals surface area contributed by atoms with Crippen molar-refractivity contribution in [3.63, 3.8) is 0 Å². The summed E-state index contributed by atoms with van der Waals surface area (Å²) in [6, 6.07) is 19.0. The van der Waals surface area contributed by atoms with E-state index in [0.29, 0.717) is 37.5 Å². The van der Waals surface area contributed by atoms with Crippen LogP contribution in [0.25, 0.3) is 11.7 Å². The zero-order chi connectivity index (χ0) is 23.7. The first-order valence-corrected chi connectivity index (χ1v) is 12.4. The molecule has 1 fully saturated rings. The van der Waals surface area contributed by atoms with Gasteiger partial charge in [-0.15, -0.1) is 0 Å². The minimum absolute atomic E-state index is 0.0469. The molecule has 3 heterocycles. The number of furan rings is 1. The molecule has 1 aliphatic rings. The van der Waals surface area contributed by atoms with Gasteiger partial charge >= 0.3 is 0 Å². The van der Waals surface area contributed by atoms with Gasteiger partial charge in [-0.3, -0.25) is 4.79 Å². The van der Waals surface area contributed by atoms with Crippen molar-refractivity contribution >= 4 is 21.6 Å². The fourth-order valence-electron chi connectivity index (χ4n) is 3.96. The molecule has 1 amide bonds. The van der Waals surface area contributed by atoms with Crippen molar-refractivity contribution in [2.24, 2.45) is 0 Å². The minimum Gasteiger partial charge on any atom is -0.459 e. The summed E-state index contributed by atoms with van der Waals surface area (Å²) in [7, 11) is -3.94. The molecule has 0 unspecified atom stereocenters. The number of carbonyl (C=O) groups excluding carboxylic acids is 1. The average Bonchev–Trinajstić information content (AvgIpc) is 3.55. The molecule has 8 nitrogen and oxygen atoms in total. The number of hydrogen-bond donors (Lipinski definition) is 0. The first kappa shape index (κ1) is 22.0. The molecule has 0 N–H and O–H groups in total. The normalized spacial score (nSPS) is 14.4. The molecule has 0 spiro atoms. The lowest BCUT2D eigenvalue weighted by molar-refractivity contribution is 0.0745. The standard InChI is InChI=1S/C25H23N3O5S/c1-18-7-5-8-19(17-18)24(29)27-12-14-28(15-13-27)25-23(26-22(33-25)21-11-6-16-32-21)34(30,31)20-9-3-2-4-10-20/h2-11,16-17H,12-15H2,1H3. The molecule has 0 radical (unpaired) electrons. The summed E-state index contributed by atoms with van der Waals surface area (Å²) >= 11 is 0. The number of aryl methyl sites for hydroxylation is 1. The molecule has 2 aromatic heterocycles. The van der Waals surface area contributed by atoms with E-state index in [0.717, 1.165) is 5.56 Å². The van der Waals surface area contributed by atoms with Gasteiger partial charge < -0.3 is 18.6 Å². The SMILES string of the molecule is Cc1cccc(C(=O)N2CCN(c3oc(-c4ccco4)nc3S(=O)(=O)c3ccccc3)CC2)c1. The molecule has 0 bridgehead atoms. The fraction of sp³-hybridized carbons (Fsp3) is 0.200. The van der Waals surface area contributed by atoms with Gasteiger partial charge in [-0.25, -0.2) is 8.42 Å². The third-order valence-electron chi connectivity index (χ3n) is 5.74. The predicted molar refractivity (Wildman–Crippen MR) is 125 cm³/mol. The van der Waals surface area contributed by atoms with Crippen LogP contribution in [0.5, 0.6) is 0 Å². The topological polar surface area (TPSA) is 96.9 Å². The number of oxazole rings is 1. The Morgan fingerprint density at radius 2 is 1.71 bits per heavy atom. The van der Waals surface area contributed by atoms with Crippen molar-refractivity contribution in [2.45, 2.75) is 16.8 Å². The van der Waals surface area contributed by atoms with E-state index in [4.69, 9.17) is 8.83 Å². The highest BCUT2D eigenvalue weighted by molar-refractivity contribution is 7.91. The molecule has 1 aliphatic heterocycles. The Bertz CT molecular complexity index is 1400. The van der Waals surface area contributed by atoms with E-state index < -0.39 is 9.84 Å². The molecule has 0 saturated carbocycles. The van der Waals surface area contributed by atoms with Crippen molar-refractivity contribution in [1.82, 2.24) is 9.88 Å². The average molecular weight is 478 g/mol. The van der Waals surface area contributed by atoms with E-state index in [1.54, 1.807) is 41.3 Å². The Balaban J connectivity index is 1.44. The van der Waals surface area contributed by atoms with Crippen molar-refractivity contribution in [1.29, 1.82) is 0 Å². The highest BCUT2D eigenvalue weighted by Crippen LogP contribution is 2.35. The summed E-state index contributed by atoms with van der Waals surface area (Å²) < 4.78 is 38.2. The van der Waals surface area contributed by atoms with Gasteiger partial charge in [-0.05, 0) is 43.3 Å². The largest absolute Gasteiger partial charge is 0.459 e. The van der Waals surface area contributed by atoms with Crippen molar-refractivity contribution in [3.05, 3.63) is 84.1 Å². The summed E-state index contributed by atoms with van der Waals surface area (Å²) in [5.74, 6) is 0.532. The quantitative estimate of drug-likeness (QED) is 0.428. The van der Waals surface area contributed by atoms with Crippen LogP contribution in [-0.4, -0.2) is 50.4 Å². The highest BCUT2D eigenvalue weighted by Gasteiger charge is 2.34. The van der Waals surface area contributed by atoms with Gasteiger partial charge in [0.05, 0.1) is 11.2 Å². The molecule has 0 atom stereocenters. The monoisotopic (exact) mass is 477 g/mol. The van der Waals surface area contributed by atoms with Crippen LogP contribution in [0.4, 0.5) is 5.88 Å². The zero-order valence-corrected chi connectivity index (χ0v) is 19.4. The smallest absolute Gasteiger partial charge is 0.266 e. The van der Waals surface area contributed by atoms with E-state index in [1.165, 1.54) is 18.4 Å². The number of carbonyl (C=O) groups is 1. The second-order valence-corrected chi connectivity index (χ2v) is 9.94. The third kappa shape index (κ3) is 4.10. The fourth-order valence-corrected chi connectivity index (χ4v) is 5.31. The van der Waals surface area contributed by atoms with Gasteiger partial charge in [-0.2, -0.15) is 4.98 Å². The Labute approximate surface area is 197 Å². The lowest BCUT2D eigenvalue weighted by Gasteiger charge is -2.34.